The molecule has 9 heteroatoms. The van der Waals surface area contributed by atoms with Crippen LogP contribution in [0.3, 0.4) is 0 Å². The van der Waals surface area contributed by atoms with Crippen molar-refractivity contribution in [3.63, 3.8) is 0 Å². The first-order valence-electron chi connectivity index (χ1n) is 12.4. The summed E-state index contributed by atoms with van der Waals surface area (Å²) in [6.07, 6.45) is 2.21. The third-order valence-electron chi connectivity index (χ3n) is 7.10. The predicted octanol–water partition coefficient (Wildman–Crippen LogP) is 3.41. The molecule has 1 aliphatic carbocycles. The van der Waals surface area contributed by atoms with Gasteiger partial charge >= 0.3 is 5.97 Å². The molecule has 1 unspecified atom stereocenters. The number of carboxylic acid groups (broad SMARTS) is 1. The first-order chi connectivity index (χ1) is 17.8. The van der Waals surface area contributed by atoms with Crippen molar-refractivity contribution in [3.05, 3.63) is 58.7 Å². The fraction of sp³-hybridized carbons (Fsp3) is 0.429. The second-order valence-corrected chi connectivity index (χ2v) is 9.77. The van der Waals surface area contributed by atoms with E-state index in [0.717, 1.165) is 11.1 Å². The molecule has 4 rings (SSSR count). The number of hydrogen-bond acceptors (Lipinski definition) is 6. The number of nitrogens with one attached hydrogen (secondary N) is 2. The van der Waals surface area contributed by atoms with Crippen molar-refractivity contribution in [2.24, 2.45) is 5.92 Å². The molecule has 1 spiro atoms. The topological polar surface area (TPSA) is 138 Å². The van der Waals surface area contributed by atoms with Crippen LogP contribution < -0.4 is 15.4 Å². The maximum atomic E-state index is 13.4. The van der Waals surface area contributed by atoms with Crippen LogP contribution in [0, 0.1) is 17.2 Å². The minimum absolute atomic E-state index is 0.0239. The smallest absolute Gasteiger partial charge is 0.303 e. The van der Waals surface area contributed by atoms with Gasteiger partial charge in [-0.2, -0.15) is 5.26 Å². The summed E-state index contributed by atoms with van der Waals surface area (Å²) in [5, 5.41) is 24.2. The largest absolute Gasteiger partial charge is 0.493 e. The number of nitrogens with zero attached hydrogens (tertiary/aromatic N) is 1. The Bertz CT molecular complexity index is 1250. The molecule has 194 valence electrons. The van der Waals surface area contributed by atoms with E-state index in [0.29, 0.717) is 61.5 Å². The van der Waals surface area contributed by atoms with Gasteiger partial charge in [-0.3, -0.25) is 14.4 Å². The highest BCUT2D eigenvalue weighted by Crippen LogP contribution is 2.61. The number of aliphatic carboxylic acids is 1. The Labute approximate surface area is 215 Å². The molecule has 2 aliphatic rings. The van der Waals surface area contributed by atoms with Crippen LogP contribution in [0.5, 0.6) is 5.75 Å². The maximum Gasteiger partial charge on any atom is 0.303 e. The molecule has 1 fully saturated rings. The molecule has 3 atom stereocenters. The Balaban J connectivity index is 1.53. The summed E-state index contributed by atoms with van der Waals surface area (Å²) in [4.78, 5) is 37.1. The second-order valence-electron chi connectivity index (χ2n) is 9.77. The molecule has 1 heterocycles. The molecule has 0 bridgehead atoms. The minimum atomic E-state index is -0.876. The summed E-state index contributed by atoms with van der Waals surface area (Å²) in [6.45, 7) is 2.75. The number of fused-ring (bicyclic) bond motifs is 2. The van der Waals surface area contributed by atoms with Crippen molar-refractivity contribution < 1.29 is 29.0 Å². The van der Waals surface area contributed by atoms with Crippen LogP contribution in [0.25, 0.3) is 0 Å². The van der Waals surface area contributed by atoms with Crippen molar-refractivity contribution in [1.29, 1.82) is 5.26 Å². The summed E-state index contributed by atoms with van der Waals surface area (Å²) >= 11 is 0. The molecule has 2 amide bonds. The number of amides is 2. The van der Waals surface area contributed by atoms with Gasteiger partial charge in [0.25, 0.3) is 5.91 Å². The number of aryl methyl sites for hydroxylation is 1. The number of benzene rings is 2. The third-order valence-corrected chi connectivity index (χ3v) is 7.10. The van der Waals surface area contributed by atoms with E-state index in [2.05, 4.69) is 16.7 Å². The Morgan fingerprint density at radius 3 is 2.81 bits per heavy atom. The van der Waals surface area contributed by atoms with Crippen LogP contribution >= 0.6 is 0 Å². The third kappa shape index (κ3) is 5.75. The van der Waals surface area contributed by atoms with E-state index < -0.39 is 11.4 Å². The molecule has 1 aliphatic heterocycles. The first kappa shape index (κ1) is 26.2. The van der Waals surface area contributed by atoms with Gasteiger partial charge in [0.15, 0.2) is 0 Å². The van der Waals surface area contributed by atoms with E-state index in [-0.39, 0.29) is 30.2 Å². The Kier molecular flexibility index (Phi) is 7.79. The van der Waals surface area contributed by atoms with Gasteiger partial charge in [-0.15, -0.1) is 0 Å². The van der Waals surface area contributed by atoms with Crippen LogP contribution in [0.1, 0.15) is 59.7 Å². The monoisotopic (exact) mass is 505 g/mol. The molecule has 0 radical (unpaired) electrons. The summed E-state index contributed by atoms with van der Waals surface area (Å²) in [7, 11) is 1.58. The number of carbonyl (C=O) groups is 3. The second kappa shape index (κ2) is 11.0. The average molecular weight is 506 g/mol. The molecular formula is C28H31N3O6. The number of carbonyl (C=O) groups excluding carboxylic acids is 2. The van der Waals surface area contributed by atoms with Crippen molar-refractivity contribution in [2.45, 2.75) is 50.5 Å². The maximum absolute atomic E-state index is 13.4. The number of methoxy groups -OCH3 is 1. The fourth-order valence-electron chi connectivity index (χ4n) is 5.12. The van der Waals surface area contributed by atoms with Gasteiger partial charge in [0.05, 0.1) is 24.8 Å². The van der Waals surface area contributed by atoms with Gasteiger partial charge in [-0.1, -0.05) is 6.07 Å². The average Bonchev–Trinajstić information content (AvgIpc) is 3.59. The summed E-state index contributed by atoms with van der Waals surface area (Å²) in [5.41, 5.74) is 2.68. The summed E-state index contributed by atoms with van der Waals surface area (Å²) in [5.74, 6) is -0.874. The lowest BCUT2D eigenvalue weighted by Crippen LogP contribution is -2.36. The standard InChI is InChI=1S/C28H31N3O6/c1-17(16-36-2)30-26(34)20-8-9-24-21(13-20)28(10-11-37-24)14-22(28)27(35)31-23-12-18(15-29)6-7-19(23)4-3-5-25(32)33/h6-9,12-13,17,22H,3-5,10-11,14,16H2,1-2H3,(H,30,34)(H,31,35)(H,32,33)/t17?,22-,28-/m0/s1. The van der Waals surface area contributed by atoms with E-state index in [9.17, 15) is 19.6 Å². The van der Waals surface area contributed by atoms with Crippen LogP contribution in [0.2, 0.25) is 0 Å². The first-order valence-corrected chi connectivity index (χ1v) is 12.4. The van der Waals surface area contributed by atoms with Gasteiger partial charge < -0.3 is 25.2 Å². The lowest BCUT2D eigenvalue weighted by molar-refractivity contribution is -0.137. The van der Waals surface area contributed by atoms with Gasteiger partial charge in [0.2, 0.25) is 5.91 Å². The molecule has 37 heavy (non-hydrogen) atoms. The van der Waals surface area contributed by atoms with Crippen molar-refractivity contribution in [3.8, 4) is 11.8 Å². The highest BCUT2D eigenvalue weighted by Gasteiger charge is 2.61. The number of hydrogen-bond donors (Lipinski definition) is 3. The minimum Gasteiger partial charge on any atom is -0.493 e. The molecule has 0 aromatic heterocycles. The molecule has 1 saturated carbocycles. The predicted molar refractivity (Wildman–Crippen MR) is 136 cm³/mol. The lowest BCUT2D eigenvalue weighted by Gasteiger charge is -2.27. The zero-order chi connectivity index (χ0) is 26.6. The SMILES string of the molecule is COCC(C)NC(=O)c1ccc2c(c1)[C@]1(CCO2)C[C@H]1C(=O)Nc1cc(C#N)ccc1CCCC(=O)O. The number of carboxylic acids is 1. The van der Waals surface area contributed by atoms with Gasteiger partial charge in [-0.25, -0.2) is 0 Å². The number of anilines is 1. The van der Waals surface area contributed by atoms with E-state index in [1.807, 2.05) is 13.0 Å². The number of nitriles is 1. The highest BCUT2D eigenvalue weighted by atomic mass is 16.5. The molecule has 0 saturated heterocycles. The molecule has 3 N–H and O–H groups in total. The Morgan fingerprint density at radius 1 is 1.27 bits per heavy atom. The van der Waals surface area contributed by atoms with Crippen LogP contribution in [-0.2, 0) is 26.2 Å². The lowest BCUT2D eigenvalue weighted by atomic mass is 9.86. The van der Waals surface area contributed by atoms with E-state index in [4.69, 9.17) is 14.6 Å². The Morgan fingerprint density at radius 2 is 2.08 bits per heavy atom. The van der Waals surface area contributed by atoms with Crippen LogP contribution in [-0.4, -0.2) is 49.3 Å². The summed E-state index contributed by atoms with van der Waals surface area (Å²) in [6, 6.07) is 12.3. The van der Waals surface area contributed by atoms with Crippen molar-refractivity contribution in [1.82, 2.24) is 5.32 Å². The van der Waals surface area contributed by atoms with Gasteiger partial charge in [-0.05, 0) is 68.5 Å². The van der Waals surface area contributed by atoms with E-state index in [1.54, 1.807) is 37.4 Å². The van der Waals surface area contributed by atoms with Crippen molar-refractivity contribution in [2.75, 3.05) is 25.6 Å². The van der Waals surface area contributed by atoms with Crippen LogP contribution in [0.4, 0.5) is 5.69 Å². The zero-order valence-electron chi connectivity index (χ0n) is 21.0. The normalized spacial score (nSPS) is 20.2. The zero-order valence-corrected chi connectivity index (χ0v) is 21.0. The molecule has 9 nitrogen and oxygen atoms in total. The number of ether oxygens (including phenoxy) is 2. The number of rotatable bonds is 10. The van der Waals surface area contributed by atoms with E-state index >= 15 is 0 Å². The molecular weight excluding hydrogens is 474 g/mol. The quantitative estimate of drug-likeness (QED) is 0.450. The summed E-state index contributed by atoms with van der Waals surface area (Å²) < 4.78 is 10.9. The molecule has 2 aromatic rings. The van der Waals surface area contributed by atoms with Gasteiger partial charge in [0, 0.05) is 47.7 Å². The van der Waals surface area contributed by atoms with Crippen LogP contribution in [0.15, 0.2) is 36.4 Å². The van der Waals surface area contributed by atoms with Crippen molar-refractivity contribution >= 4 is 23.5 Å². The molecule has 2 aromatic carbocycles. The van der Waals surface area contributed by atoms with Gasteiger partial charge in [0.1, 0.15) is 5.75 Å². The Hall–Kier alpha value is -3.90. The fourth-order valence-corrected chi connectivity index (χ4v) is 5.12. The van der Waals surface area contributed by atoms with E-state index in [1.165, 1.54) is 0 Å². The highest BCUT2D eigenvalue weighted by molar-refractivity contribution is 5.98.